The third kappa shape index (κ3) is 1.83. The van der Waals surface area contributed by atoms with Crippen molar-refractivity contribution in [2.45, 2.75) is 24.9 Å². The molecule has 0 radical (unpaired) electrons. The van der Waals surface area contributed by atoms with E-state index in [1.54, 1.807) is 7.11 Å². The summed E-state index contributed by atoms with van der Waals surface area (Å²) in [6, 6.07) is 1.37. The minimum Gasteiger partial charge on any atom is -0.384 e. The molecule has 3 saturated carbocycles. The Labute approximate surface area is 110 Å². The number of anilines is 1. The molecule has 0 aromatic carbocycles. The van der Waals surface area contributed by atoms with Crippen LogP contribution in [0.4, 0.5) is 5.69 Å². The molecule has 6 heteroatoms. The predicted octanol–water partition coefficient (Wildman–Crippen LogP) is 0.455. The van der Waals surface area contributed by atoms with E-state index in [1.165, 1.54) is 12.3 Å². The first-order valence-corrected chi connectivity index (χ1v) is 6.29. The highest BCUT2D eigenvalue weighted by Gasteiger charge is 2.68. The summed E-state index contributed by atoms with van der Waals surface area (Å²) in [5, 5.41) is 3.18. The molecule has 0 saturated heterocycles. The van der Waals surface area contributed by atoms with Crippen LogP contribution in [-0.2, 0) is 4.74 Å². The fourth-order valence-electron chi connectivity index (χ4n) is 3.40. The SMILES string of the molecule is COC12CC(CNc3cc(=O)[nH]cc3C(N)=O)(C1)C2. The predicted molar refractivity (Wildman–Crippen MR) is 70.1 cm³/mol. The number of nitrogens with two attached hydrogens (primary N) is 1. The third-order valence-electron chi connectivity index (χ3n) is 4.37. The third-order valence-corrected chi connectivity index (χ3v) is 4.37. The molecule has 0 aliphatic heterocycles. The zero-order valence-corrected chi connectivity index (χ0v) is 10.8. The van der Waals surface area contributed by atoms with E-state index < -0.39 is 5.91 Å². The molecular formula is C13H17N3O3. The number of hydrogen-bond acceptors (Lipinski definition) is 4. The number of H-pyrrole nitrogens is 1. The summed E-state index contributed by atoms with van der Waals surface area (Å²) in [5.74, 6) is -0.551. The van der Waals surface area contributed by atoms with Gasteiger partial charge in [0.2, 0.25) is 5.56 Å². The topological polar surface area (TPSA) is 97.2 Å². The van der Waals surface area contributed by atoms with Gasteiger partial charge in [-0.25, -0.2) is 0 Å². The van der Waals surface area contributed by atoms with Gasteiger partial charge in [0.15, 0.2) is 0 Å². The minimum atomic E-state index is -0.551. The maximum Gasteiger partial charge on any atom is 0.252 e. The Morgan fingerprint density at radius 2 is 2.21 bits per heavy atom. The van der Waals surface area contributed by atoms with Crippen molar-refractivity contribution < 1.29 is 9.53 Å². The Balaban J connectivity index is 1.70. The Morgan fingerprint density at radius 3 is 2.79 bits per heavy atom. The van der Waals surface area contributed by atoms with Crippen LogP contribution in [0.3, 0.4) is 0 Å². The smallest absolute Gasteiger partial charge is 0.252 e. The van der Waals surface area contributed by atoms with E-state index in [0.717, 1.165) is 25.8 Å². The lowest BCUT2D eigenvalue weighted by molar-refractivity contribution is -0.267. The number of nitrogens with one attached hydrogen (secondary N) is 2. The molecule has 1 amide bonds. The molecule has 0 spiro atoms. The summed E-state index contributed by atoms with van der Waals surface area (Å²) in [4.78, 5) is 25.1. The number of methoxy groups -OCH3 is 1. The second kappa shape index (κ2) is 3.84. The van der Waals surface area contributed by atoms with E-state index in [1.807, 2.05) is 0 Å². The number of aromatic amines is 1. The quantitative estimate of drug-likeness (QED) is 0.718. The first-order valence-electron chi connectivity index (χ1n) is 6.29. The summed E-state index contributed by atoms with van der Waals surface area (Å²) in [5.41, 5.74) is 6.21. The lowest BCUT2D eigenvalue weighted by Gasteiger charge is -2.69. The maximum atomic E-state index is 11.3. The molecule has 102 valence electrons. The number of hydrogen-bond donors (Lipinski definition) is 3. The molecule has 4 rings (SSSR count). The molecule has 1 aromatic rings. The number of primary amides is 1. The molecule has 3 fully saturated rings. The van der Waals surface area contributed by atoms with Gasteiger partial charge in [-0.2, -0.15) is 0 Å². The summed E-state index contributed by atoms with van der Waals surface area (Å²) in [6.07, 6.45) is 4.47. The first kappa shape index (κ1) is 12.2. The normalized spacial score (nSPS) is 31.2. The lowest BCUT2D eigenvalue weighted by Crippen LogP contribution is -2.70. The molecule has 0 atom stereocenters. The van der Waals surface area contributed by atoms with Crippen LogP contribution in [0.25, 0.3) is 0 Å². The maximum absolute atomic E-state index is 11.3. The van der Waals surface area contributed by atoms with Crippen LogP contribution in [0.2, 0.25) is 0 Å². The van der Waals surface area contributed by atoms with Crippen LogP contribution in [-0.4, -0.2) is 30.1 Å². The molecule has 6 nitrogen and oxygen atoms in total. The zero-order valence-electron chi connectivity index (χ0n) is 10.8. The second-order valence-corrected chi connectivity index (χ2v) is 5.76. The molecular weight excluding hydrogens is 246 g/mol. The van der Waals surface area contributed by atoms with Crippen molar-refractivity contribution in [2.75, 3.05) is 19.0 Å². The van der Waals surface area contributed by atoms with E-state index in [-0.39, 0.29) is 16.6 Å². The van der Waals surface area contributed by atoms with Crippen molar-refractivity contribution >= 4 is 11.6 Å². The minimum absolute atomic E-state index is 0.0996. The number of rotatable bonds is 5. The van der Waals surface area contributed by atoms with Gasteiger partial charge in [0.1, 0.15) is 0 Å². The number of carbonyl (C=O) groups excluding carboxylic acids is 1. The van der Waals surface area contributed by atoms with E-state index >= 15 is 0 Å². The van der Waals surface area contributed by atoms with Crippen molar-refractivity contribution in [2.24, 2.45) is 11.1 Å². The van der Waals surface area contributed by atoms with Crippen LogP contribution < -0.4 is 16.6 Å². The molecule has 1 heterocycles. The monoisotopic (exact) mass is 263 g/mol. The van der Waals surface area contributed by atoms with E-state index in [9.17, 15) is 9.59 Å². The highest BCUT2D eigenvalue weighted by molar-refractivity contribution is 5.98. The molecule has 2 bridgehead atoms. The number of aromatic nitrogens is 1. The average molecular weight is 263 g/mol. The number of carbonyl (C=O) groups is 1. The Kier molecular flexibility index (Phi) is 2.47. The number of amides is 1. The highest BCUT2D eigenvalue weighted by Crippen LogP contribution is 2.68. The Hall–Kier alpha value is -1.82. The summed E-state index contributed by atoms with van der Waals surface area (Å²) in [6.45, 7) is 0.738. The average Bonchev–Trinajstić information content (AvgIpc) is 2.25. The van der Waals surface area contributed by atoms with Crippen molar-refractivity contribution in [3.05, 3.63) is 28.2 Å². The van der Waals surface area contributed by atoms with Crippen LogP contribution in [0.15, 0.2) is 17.1 Å². The van der Waals surface area contributed by atoms with Gasteiger partial charge in [-0.1, -0.05) is 0 Å². The van der Waals surface area contributed by atoms with Crippen LogP contribution in [0.5, 0.6) is 0 Å². The summed E-state index contributed by atoms with van der Waals surface area (Å²) < 4.78 is 5.44. The van der Waals surface area contributed by atoms with Crippen LogP contribution in [0.1, 0.15) is 29.6 Å². The number of ether oxygens (including phenoxy) is 1. The largest absolute Gasteiger partial charge is 0.384 e. The van der Waals surface area contributed by atoms with E-state index in [2.05, 4.69) is 10.3 Å². The summed E-state index contributed by atoms with van der Waals surface area (Å²) in [7, 11) is 1.75. The number of pyridine rings is 1. The van der Waals surface area contributed by atoms with E-state index in [0.29, 0.717) is 11.3 Å². The first-order chi connectivity index (χ1) is 8.98. The van der Waals surface area contributed by atoms with Gasteiger partial charge >= 0.3 is 0 Å². The summed E-state index contributed by atoms with van der Waals surface area (Å²) >= 11 is 0. The van der Waals surface area contributed by atoms with Crippen LogP contribution >= 0.6 is 0 Å². The van der Waals surface area contributed by atoms with E-state index in [4.69, 9.17) is 10.5 Å². The fraction of sp³-hybridized carbons (Fsp3) is 0.538. The second-order valence-electron chi connectivity index (χ2n) is 5.76. The Bertz CT molecular complexity index is 573. The van der Waals surface area contributed by atoms with Crippen molar-refractivity contribution in [3.63, 3.8) is 0 Å². The van der Waals surface area contributed by atoms with Gasteiger partial charge in [0.05, 0.1) is 16.9 Å². The van der Waals surface area contributed by atoms with Crippen molar-refractivity contribution in [3.8, 4) is 0 Å². The molecule has 1 aromatic heterocycles. The molecule has 0 unspecified atom stereocenters. The van der Waals surface area contributed by atoms with Crippen molar-refractivity contribution in [1.29, 1.82) is 0 Å². The molecule has 19 heavy (non-hydrogen) atoms. The zero-order chi connectivity index (χ0) is 13.7. The lowest BCUT2D eigenvalue weighted by atomic mass is 9.41. The van der Waals surface area contributed by atoms with Crippen LogP contribution in [0, 0.1) is 5.41 Å². The van der Waals surface area contributed by atoms with Gasteiger partial charge in [0.25, 0.3) is 5.91 Å². The molecule has 3 aliphatic carbocycles. The van der Waals surface area contributed by atoms with Gasteiger partial charge in [0, 0.05) is 25.9 Å². The Morgan fingerprint density at radius 1 is 1.53 bits per heavy atom. The van der Waals surface area contributed by atoms with Gasteiger partial charge < -0.3 is 20.8 Å². The van der Waals surface area contributed by atoms with Gasteiger partial charge in [-0.3, -0.25) is 9.59 Å². The van der Waals surface area contributed by atoms with Gasteiger partial charge in [-0.15, -0.1) is 0 Å². The van der Waals surface area contributed by atoms with Gasteiger partial charge in [-0.05, 0) is 24.7 Å². The van der Waals surface area contributed by atoms with Crippen molar-refractivity contribution in [1.82, 2.24) is 4.98 Å². The highest BCUT2D eigenvalue weighted by atomic mass is 16.5. The fourth-order valence-corrected chi connectivity index (χ4v) is 3.40. The molecule has 3 aliphatic rings. The molecule has 4 N–H and O–H groups in total. The standard InChI is InChI=1S/C13H17N3O3/c1-19-13-4-12(5-13,6-13)7-16-9-2-10(17)15-3-8(9)11(14)18/h2-3H,4-7H2,1H3,(H2,14,18)(H2,15,16,17).